The Kier molecular flexibility index (Phi) is 6.16. The molecular weight excluding hydrogens is 527 g/mol. The summed E-state index contributed by atoms with van der Waals surface area (Å²) >= 11 is 15.9. The van der Waals surface area contributed by atoms with Crippen LogP contribution in [0.2, 0.25) is 10.0 Å². The first-order valence-electron chi connectivity index (χ1n) is 8.95. The molecule has 4 rings (SSSR count). The molecule has 10 heteroatoms. The minimum atomic E-state index is -3.83. The monoisotopic (exact) mass is 540 g/mol. The third-order valence-corrected chi connectivity index (χ3v) is 7.19. The Bertz CT molecular complexity index is 1290. The maximum atomic E-state index is 12.6. The van der Waals surface area contributed by atoms with Crippen molar-refractivity contribution in [2.45, 2.75) is 11.5 Å². The maximum Gasteiger partial charge on any atom is 0.286 e. The number of para-hydroxylation sites is 1. The number of methoxy groups -OCH3 is 1. The van der Waals surface area contributed by atoms with Gasteiger partial charge in [0, 0.05) is 21.2 Å². The van der Waals surface area contributed by atoms with E-state index in [0.29, 0.717) is 42.8 Å². The van der Waals surface area contributed by atoms with Crippen LogP contribution in [-0.2, 0) is 16.6 Å². The van der Waals surface area contributed by atoms with Crippen LogP contribution >= 0.6 is 39.1 Å². The molecule has 6 nitrogen and oxygen atoms in total. The summed E-state index contributed by atoms with van der Waals surface area (Å²) in [5.74, 6) is 0.980. The van der Waals surface area contributed by atoms with Crippen molar-refractivity contribution in [2.24, 2.45) is 4.40 Å². The number of ether oxygens (including phenoxy) is 2. The Labute approximate surface area is 198 Å². The van der Waals surface area contributed by atoms with Gasteiger partial charge in [0.2, 0.25) is 0 Å². The predicted molar refractivity (Wildman–Crippen MR) is 125 cm³/mol. The Morgan fingerprint density at radius 3 is 2.48 bits per heavy atom. The van der Waals surface area contributed by atoms with Crippen LogP contribution in [-0.4, -0.2) is 21.4 Å². The van der Waals surface area contributed by atoms with E-state index in [1.54, 1.807) is 48.5 Å². The van der Waals surface area contributed by atoms with E-state index in [2.05, 4.69) is 25.6 Å². The zero-order valence-corrected chi connectivity index (χ0v) is 19.9. The van der Waals surface area contributed by atoms with Crippen molar-refractivity contribution in [3.8, 4) is 11.5 Å². The molecule has 1 N–H and O–H groups in total. The highest BCUT2D eigenvalue weighted by atomic mass is 79.9. The van der Waals surface area contributed by atoms with E-state index >= 15 is 0 Å². The van der Waals surface area contributed by atoms with Gasteiger partial charge >= 0.3 is 0 Å². The average Bonchev–Trinajstić information content (AvgIpc) is 2.73. The minimum Gasteiger partial charge on any atom is -0.493 e. The minimum absolute atomic E-state index is 0.119. The predicted octanol–water partition coefficient (Wildman–Crippen LogP) is 5.90. The molecule has 0 saturated heterocycles. The van der Waals surface area contributed by atoms with Crippen LogP contribution in [0.3, 0.4) is 0 Å². The molecular formula is C21H15BrCl2N2O4S. The lowest BCUT2D eigenvalue weighted by atomic mass is 10.1. The van der Waals surface area contributed by atoms with Gasteiger partial charge in [0.05, 0.1) is 17.3 Å². The molecule has 0 fully saturated rings. The van der Waals surface area contributed by atoms with Gasteiger partial charge in [0.15, 0.2) is 17.3 Å². The van der Waals surface area contributed by atoms with Crippen molar-refractivity contribution in [3.05, 3.63) is 80.2 Å². The number of fused-ring (bicyclic) bond motifs is 1. The Morgan fingerprint density at radius 2 is 1.77 bits per heavy atom. The van der Waals surface area contributed by atoms with Crippen LogP contribution in [0.1, 0.15) is 11.1 Å². The number of rotatable bonds is 5. The first-order valence-corrected chi connectivity index (χ1v) is 11.9. The number of nitrogens with one attached hydrogen (secondary N) is 1. The molecule has 3 aromatic rings. The molecule has 31 heavy (non-hydrogen) atoms. The van der Waals surface area contributed by atoms with Crippen LogP contribution in [0.4, 0.5) is 5.69 Å². The summed E-state index contributed by atoms with van der Waals surface area (Å²) in [4.78, 5) is 0.126. The molecule has 3 aromatic carbocycles. The molecule has 0 saturated carbocycles. The summed E-state index contributed by atoms with van der Waals surface area (Å²) in [6, 6.07) is 15.1. The molecule has 1 heterocycles. The summed E-state index contributed by atoms with van der Waals surface area (Å²) < 4.78 is 41.0. The van der Waals surface area contributed by atoms with Crippen molar-refractivity contribution >= 4 is 60.7 Å². The standard InChI is InChI=1S/C21H15BrCl2N2O4S/c1-29-18-10-12(21-25-17-7-2-3-8-19(17)31(27,28)26-21)9-14(22)20(18)30-11-13-15(23)5-4-6-16(13)24/h2-10H,11H2,1H3,(H,25,26). The quantitative estimate of drug-likeness (QED) is 0.435. The lowest BCUT2D eigenvalue weighted by Gasteiger charge is -2.20. The van der Waals surface area contributed by atoms with Crippen molar-refractivity contribution in [3.63, 3.8) is 0 Å². The van der Waals surface area contributed by atoms with Crippen LogP contribution in [0, 0.1) is 0 Å². The Morgan fingerprint density at radius 1 is 1.06 bits per heavy atom. The number of sulfonamides is 1. The maximum absolute atomic E-state index is 12.6. The third-order valence-electron chi connectivity index (χ3n) is 4.55. The lowest BCUT2D eigenvalue weighted by Crippen LogP contribution is -2.22. The van der Waals surface area contributed by atoms with Crippen molar-refractivity contribution in [1.29, 1.82) is 0 Å². The topological polar surface area (TPSA) is 77.0 Å². The molecule has 0 amide bonds. The van der Waals surface area contributed by atoms with Crippen molar-refractivity contribution in [1.82, 2.24) is 0 Å². The van der Waals surface area contributed by atoms with E-state index in [-0.39, 0.29) is 17.3 Å². The number of amidine groups is 1. The number of hydrogen-bond donors (Lipinski definition) is 1. The smallest absolute Gasteiger partial charge is 0.286 e. The van der Waals surface area contributed by atoms with E-state index in [1.165, 1.54) is 13.2 Å². The van der Waals surface area contributed by atoms with Crippen LogP contribution in [0.15, 0.2) is 68.4 Å². The van der Waals surface area contributed by atoms with E-state index in [9.17, 15) is 8.42 Å². The number of benzene rings is 3. The zero-order valence-electron chi connectivity index (χ0n) is 16.0. The van der Waals surface area contributed by atoms with E-state index in [0.717, 1.165) is 0 Å². The highest BCUT2D eigenvalue weighted by molar-refractivity contribution is 9.10. The van der Waals surface area contributed by atoms with Crippen molar-refractivity contribution < 1.29 is 17.9 Å². The second-order valence-corrected chi connectivity index (χ2v) is 9.76. The van der Waals surface area contributed by atoms with Gasteiger partial charge in [0.25, 0.3) is 10.0 Å². The number of halogens is 3. The van der Waals surface area contributed by atoms with Gasteiger partial charge in [-0.15, -0.1) is 4.40 Å². The SMILES string of the molecule is COc1cc(C2=NS(=O)(=O)c3ccccc3N2)cc(Br)c1OCc1c(Cl)cccc1Cl. The van der Waals surface area contributed by atoms with Crippen LogP contribution in [0.25, 0.3) is 0 Å². The van der Waals surface area contributed by atoms with Gasteiger partial charge in [0.1, 0.15) is 11.5 Å². The zero-order chi connectivity index (χ0) is 22.2. The molecule has 160 valence electrons. The molecule has 0 bridgehead atoms. The van der Waals surface area contributed by atoms with E-state index < -0.39 is 10.0 Å². The Hall–Kier alpha value is -2.26. The molecule has 0 aromatic heterocycles. The fraction of sp³-hybridized carbons (Fsp3) is 0.0952. The Balaban J connectivity index is 1.68. The van der Waals surface area contributed by atoms with Gasteiger partial charge in [-0.1, -0.05) is 41.4 Å². The fourth-order valence-electron chi connectivity index (χ4n) is 3.05. The number of anilines is 1. The van der Waals surface area contributed by atoms with Crippen molar-refractivity contribution in [2.75, 3.05) is 12.4 Å². The largest absolute Gasteiger partial charge is 0.493 e. The van der Waals surface area contributed by atoms with E-state index in [1.807, 2.05) is 0 Å². The average molecular weight is 542 g/mol. The van der Waals surface area contributed by atoms with Gasteiger partial charge in [-0.3, -0.25) is 0 Å². The van der Waals surface area contributed by atoms with E-state index in [4.69, 9.17) is 32.7 Å². The molecule has 0 atom stereocenters. The summed E-state index contributed by atoms with van der Waals surface area (Å²) in [5.41, 5.74) is 1.60. The first-order chi connectivity index (χ1) is 14.8. The summed E-state index contributed by atoms with van der Waals surface area (Å²) in [5, 5.41) is 4.04. The van der Waals surface area contributed by atoms with Gasteiger partial charge in [-0.05, 0) is 52.3 Å². The molecule has 1 aliphatic heterocycles. The molecule has 0 aliphatic carbocycles. The fourth-order valence-corrected chi connectivity index (χ4v) is 5.25. The van der Waals surface area contributed by atoms with Gasteiger partial charge in [-0.25, -0.2) is 0 Å². The molecule has 0 radical (unpaired) electrons. The summed E-state index contributed by atoms with van der Waals surface area (Å²) in [6.07, 6.45) is 0. The molecule has 0 spiro atoms. The summed E-state index contributed by atoms with van der Waals surface area (Å²) in [7, 11) is -2.34. The number of nitrogens with zero attached hydrogens (tertiary/aromatic N) is 1. The van der Waals surface area contributed by atoms with Gasteiger partial charge < -0.3 is 14.8 Å². The van der Waals surface area contributed by atoms with Crippen LogP contribution < -0.4 is 14.8 Å². The summed E-state index contributed by atoms with van der Waals surface area (Å²) in [6.45, 7) is 0.119. The highest BCUT2D eigenvalue weighted by Crippen LogP contribution is 2.39. The highest BCUT2D eigenvalue weighted by Gasteiger charge is 2.26. The van der Waals surface area contributed by atoms with Gasteiger partial charge in [-0.2, -0.15) is 8.42 Å². The molecule has 1 aliphatic rings. The lowest BCUT2D eigenvalue weighted by molar-refractivity contribution is 0.282. The third kappa shape index (κ3) is 4.39. The second kappa shape index (κ2) is 8.70. The second-order valence-electron chi connectivity index (χ2n) is 6.51. The molecule has 0 unspecified atom stereocenters. The normalized spacial score (nSPS) is 14.3. The van der Waals surface area contributed by atoms with Crippen LogP contribution in [0.5, 0.6) is 11.5 Å². The number of hydrogen-bond acceptors (Lipinski definition) is 5. The first kappa shape index (κ1) is 22.0.